The molecular weight excluding hydrogens is 354 g/mol. The zero-order valence-electron chi connectivity index (χ0n) is 15.9. The van der Waals surface area contributed by atoms with Crippen molar-refractivity contribution < 1.29 is 14.7 Å². The van der Waals surface area contributed by atoms with E-state index in [9.17, 15) is 9.59 Å². The Hall–Kier alpha value is -2.86. The number of carboxylic acids is 1. The van der Waals surface area contributed by atoms with Crippen LogP contribution in [0.1, 0.15) is 59.6 Å². The van der Waals surface area contributed by atoms with Crippen molar-refractivity contribution in [3.63, 3.8) is 0 Å². The highest BCUT2D eigenvalue weighted by Crippen LogP contribution is 2.42. The molecule has 3 rings (SSSR count). The van der Waals surface area contributed by atoms with Crippen molar-refractivity contribution in [2.45, 2.75) is 38.1 Å². The lowest BCUT2D eigenvalue weighted by atomic mass is 9.73. The molecule has 1 aliphatic rings. The lowest BCUT2D eigenvalue weighted by molar-refractivity contribution is 0.0697. The van der Waals surface area contributed by atoms with Gasteiger partial charge in [0, 0.05) is 18.3 Å². The van der Waals surface area contributed by atoms with Gasteiger partial charge in [-0.2, -0.15) is 0 Å². The lowest BCUT2D eigenvalue weighted by Gasteiger charge is -2.34. The molecule has 6 nitrogen and oxygen atoms in total. The van der Waals surface area contributed by atoms with Gasteiger partial charge in [-0.15, -0.1) is 0 Å². The Bertz CT molecular complexity index is 835. The summed E-state index contributed by atoms with van der Waals surface area (Å²) < 4.78 is 0. The van der Waals surface area contributed by atoms with Crippen LogP contribution in [0.3, 0.4) is 0 Å². The third-order valence-electron chi connectivity index (χ3n) is 5.40. The summed E-state index contributed by atoms with van der Waals surface area (Å²) in [6.45, 7) is 2.71. The van der Waals surface area contributed by atoms with Gasteiger partial charge in [0.2, 0.25) is 0 Å². The fourth-order valence-corrected chi connectivity index (χ4v) is 3.88. The summed E-state index contributed by atoms with van der Waals surface area (Å²) in [5.74, 6) is -0.225. The quantitative estimate of drug-likeness (QED) is 0.646. The molecule has 4 N–H and O–H groups in total. The topological polar surface area (TPSA) is 102 Å². The minimum Gasteiger partial charge on any atom is -0.478 e. The van der Waals surface area contributed by atoms with Gasteiger partial charge in [0.15, 0.2) is 0 Å². The number of carbonyl (C=O) groups is 2. The van der Waals surface area contributed by atoms with E-state index in [-0.39, 0.29) is 17.6 Å². The molecule has 3 unspecified atom stereocenters. The van der Waals surface area contributed by atoms with Gasteiger partial charge < -0.3 is 15.7 Å². The number of anilines is 1. The molecule has 2 aromatic rings. The van der Waals surface area contributed by atoms with Crippen molar-refractivity contribution in [1.29, 1.82) is 0 Å². The number of aromatic carboxylic acids is 1. The molecule has 2 aromatic carbocycles. The maximum absolute atomic E-state index is 12.0. The fraction of sp³-hybridized carbons (Fsp3) is 0.364. The zero-order chi connectivity index (χ0) is 20.1. The van der Waals surface area contributed by atoms with E-state index in [0.717, 1.165) is 24.8 Å². The number of benzene rings is 2. The van der Waals surface area contributed by atoms with Crippen LogP contribution < -0.4 is 16.4 Å². The van der Waals surface area contributed by atoms with Crippen molar-refractivity contribution in [3.8, 4) is 0 Å². The van der Waals surface area contributed by atoms with Crippen LogP contribution in [0.25, 0.3) is 0 Å². The molecule has 6 heteroatoms. The fourth-order valence-electron chi connectivity index (χ4n) is 3.88. The van der Waals surface area contributed by atoms with E-state index in [4.69, 9.17) is 10.8 Å². The number of fused-ring (bicyclic) bond motifs is 1. The Morgan fingerprint density at radius 3 is 2.46 bits per heavy atom. The summed E-state index contributed by atoms with van der Waals surface area (Å²) in [5.41, 5.74) is 11.5. The molecule has 3 atom stereocenters. The van der Waals surface area contributed by atoms with Crippen LogP contribution in [0.15, 0.2) is 48.5 Å². The first kappa shape index (κ1) is 19.9. The van der Waals surface area contributed by atoms with Gasteiger partial charge in [-0.05, 0) is 66.5 Å². The number of nitrogens with one attached hydrogen (secondary N) is 3. The van der Waals surface area contributed by atoms with E-state index in [2.05, 4.69) is 29.7 Å². The first-order valence-electron chi connectivity index (χ1n) is 9.64. The summed E-state index contributed by atoms with van der Waals surface area (Å²) in [7, 11) is 0. The number of hydrogen-bond acceptors (Lipinski definition) is 2. The second-order valence-corrected chi connectivity index (χ2v) is 7.42. The summed E-state index contributed by atoms with van der Waals surface area (Å²) in [6.07, 6.45) is 2.84. The number of hydrogen-bond donors (Lipinski definition) is 3. The highest BCUT2D eigenvalue weighted by Gasteiger charge is 2.30. The average molecular weight is 380 g/mol. The molecule has 0 aliphatic heterocycles. The van der Waals surface area contributed by atoms with E-state index in [1.165, 1.54) is 17.7 Å². The minimum absolute atomic E-state index is 0.149. The highest BCUT2D eigenvalue weighted by atomic mass is 16.4. The van der Waals surface area contributed by atoms with E-state index in [1.807, 2.05) is 12.1 Å². The van der Waals surface area contributed by atoms with Crippen molar-refractivity contribution >= 4 is 17.7 Å². The summed E-state index contributed by atoms with van der Waals surface area (Å²) in [4.78, 5) is 22.9. The predicted molar refractivity (Wildman–Crippen MR) is 108 cm³/mol. The van der Waals surface area contributed by atoms with Gasteiger partial charge in [-0.1, -0.05) is 31.2 Å². The highest BCUT2D eigenvalue weighted by molar-refractivity contribution is 5.91. The average Bonchev–Trinajstić information content (AvgIpc) is 2.69. The molecule has 147 valence electrons. The molecule has 1 aliphatic carbocycles. The zero-order valence-corrected chi connectivity index (χ0v) is 15.9. The van der Waals surface area contributed by atoms with Gasteiger partial charge in [0.1, 0.15) is 0 Å². The summed E-state index contributed by atoms with van der Waals surface area (Å²) >= 11 is 0. The van der Waals surface area contributed by atoms with Gasteiger partial charge in [0.05, 0.1) is 5.56 Å². The Labute approximate surface area is 165 Å². The molecule has 0 bridgehead atoms. The molecule has 0 saturated heterocycles. The third-order valence-corrected chi connectivity index (χ3v) is 5.40. The molecule has 2 amide bonds. The lowest BCUT2D eigenvalue weighted by Crippen LogP contribution is -2.30. The number of carbonyl (C=O) groups excluding carboxylic acids is 1. The molecular formula is C22H26N3O3. The molecule has 0 fully saturated rings. The largest absolute Gasteiger partial charge is 0.478 e. The monoisotopic (exact) mass is 380 g/mol. The Morgan fingerprint density at radius 1 is 1.11 bits per heavy atom. The van der Waals surface area contributed by atoms with Crippen molar-refractivity contribution in [1.82, 2.24) is 11.1 Å². The van der Waals surface area contributed by atoms with Crippen LogP contribution in [0.2, 0.25) is 0 Å². The van der Waals surface area contributed by atoms with Crippen LogP contribution in [0.4, 0.5) is 10.5 Å². The molecule has 0 heterocycles. The van der Waals surface area contributed by atoms with Crippen LogP contribution >= 0.6 is 0 Å². The number of amides is 2. The van der Waals surface area contributed by atoms with E-state index >= 15 is 0 Å². The van der Waals surface area contributed by atoms with Crippen molar-refractivity contribution in [2.75, 3.05) is 11.9 Å². The Balaban J connectivity index is 1.46. The smallest absolute Gasteiger partial charge is 0.335 e. The van der Waals surface area contributed by atoms with Gasteiger partial charge in [-0.3, -0.25) is 0 Å². The summed E-state index contributed by atoms with van der Waals surface area (Å²) in [5, 5.41) is 14.4. The van der Waals surface area contributed by atoms with Crippen molar-refractivity contribution in [3.05, 3.63) is 65.2 Å². The van der Waals surface area contributed by atoms with Crippen LogP contribution in [-0.4, -0.2) is 23.7 Å². The van der Waals surface area contributed by atoms with Gasteiger partial charge >= 0.3 is 12.0 Å². The van der Waals surface area contributed by atoms with Crippen LogP contribution in [0, 0.1) is 5.92 Å². The maximum atomic E-state index is 12.0. The SMILES string of the molecule is CC1CC(CCCNC(=O)Nc2ccc(C(=O)O)cc2)c2ccccc2C1[NH]. The summed E-state index contributed by atoms with van der Waals surface area (Å²) in [6, 6.07) is 13.8. The molecule has 0 saturated carbocycles. The second-order valence-electron chi connectivity index (χ2n) is 7.42. The van der Waals surface area contributed by atoms with Gasteiger partial charge in [0.25, 0.3) is 0 Å². The second kappa shape index (κ2) is 8.89. The Kier molecular flexibility index (Phi) is 6.31. The first-order chi connectivity index (χ1) is 13.5. The first-order valence-corrected chi connectivity index (χ1v) is 9.64. The molecule has 0 spiro atoms. The number of urea groups is 1. The Morgan fingerprint density at radius 2 is 1.79 bits per heavy atom. The number of rotatable bonds is 6. The van der Waals surface area contributed by atoms with E-state index < -0.39 is 5.97 Å². The standard InChI is InChI=1S/C22H26N3O3/c1-14-13-16(18-6-2-3-7-19(18)20(14)23)5-4-12-24-22(28)25-17-10-8-15(9-11-17)21(26)27/h2-3,6-11,14,16,20,23H,4-5,12-13H2,1H3,(H,26,27)(H2,24,25,28). The third kappa shape index (κ3) is 4.70. The molecule has 0 aromatic heterocycles. The van der Waals surface area contributed by atoms with Gasteiger partial charge in [-0.25, -0.2) is 15.3 Å². The minimum atomic E-state index is -0.994. The maximum Gasteiger partial charge on any atom is 0.335 e. The normalized spacial score (nSPS) is 20.9. The van der Waals surface area contributed by atoms with Crippen molar-refractivity contribution in [2.24, 2.45) is 5.92 Å². The molecule has 1 radical (unpaired) electrons. The van der Waals surface area contributed by atoms with E-state index in [0.29, 0.717) is 24.1 Å². The number of carboxylic acid groups (broad SMARTS) is 1. The van der Waals surface area contributed by atoms with Crippen LogP contribution in [0.5, 0.6) is 0 Å². The molecule has 28 heavy (non-hydrogen) atoms. The van der Waals surface area contributed by atoms with Crippen LogP contribution in [-0.2, 0) is 0 Å². The predicted octanol–water partition coefficient (Wildman–Crippen LogP) is 4.43. The van der Waals surface area contributed by atoms with E-state index in [1.54, 1.807) is 12.1 Å².